The van der Waals surface area contributed by atoms with E-state index in [1.54, 1.807) is 0 Å². The van der Waals surface area contributed by atoms with E-state index < -0.39 is 0 Å². The van der Waals surface area contributed by atoms with Gasteiger partial charge in [-0.05, 0) is 123 Å². The van der Waals surface area contributed by atoms with Crippen molar-refractivity contribution in [1.82, 2.24) is 15.1 Å². The number of hydrogen-bond donors (Lipinski definition) is 1. The van der Waals surface area contributed by atoms with Gasteiger partial charge in [0.25, 0.3) is 0 Å². The zero-order chi connectivity index (χ0) is 19.3. The number of carbonyl (C=O) groups excluding carboxylic acids is 1. The van der Waals surface area contributed by atoms with E-state index in [1.165, 1.54) is 77.7 Å². The molecule has 5 heteroatoms. The number of nitrogens with zero attached hydrogens (tertiary/aromatic N) is 2. The van der Waals surface area contributed by atoms with Crippen LogP contribution in [-0.2, 0) is 9.53 Å². The van der Waals surface area contributed by atoms with Gasteiger partial charge in [-0.3, -0.25) is 9.69 Å². The van der Waals surface area contributed by atoms with Crippen molar-refractivity contribution in [2.24, 2.45) is 11.3 Å². The van der Waals surface area contributed by atoms with Crippen molar-refractivity contribution in [1.29, 1.82) is 0 Å². The van der Waals surface area contributed by atoms with Crippen LogP contribution in [0.4, 0.5) is 0 Å². The van der Waals surface area contributed by atoms with Crippen molar-refractivity contribution in [2.75, 3.05) is 52.4 Å². The van der Waals surface area contributed by atoms with Gasteiger partial charge in [0.15, 0.2) is 0 Å². The number of esters is 1. The van der Waals surface area contributed by atoms with Crippen LogP contribution < -0.4 is 5.32 Å². The first-order valence-corrected chi connectivity index (χ1v) is 11.2. The van der Waals surface area contributed by atoms with E-state index in [0.29, 0.717) is 12.0 Å². The average Bonchev–Trinajstić information content (AvgIpc) is 2.63. The monoisotopic (exact) mass is 379 g/mol. The zero-order valence-corrected chi connectivity index (χ0v) is 17.9. The minimum absolute atomic E-state index is 0.0776. The molecule has 0 amide bonds. The van der Waals surface area contributed by atoms with Crippen LogP contribution in [0.5, 0.6) is 0 Å². The molecule has 1 N–H and O–H groups in total. The minimum atomic E-state index is -0.380. The summed E-state index contributed by atoms with van der Waals surface area (Å²) >= 11 is 0. The second-order valence-corrected chi connectivity index (χ2v) is 10.2. The predicted molar refractivity (Wildman–Crippen MR) is 110 cm³/mol. The Bertz CT molecular complexity index is 464. The summed E-state index contributed by atoms with van der Waals surface area (Å²) in [6, 6.07) is 0. The molecule has 0 radical (unpaired) electrons. The average molecular weight is 380 g/mol. The summed E-state index contributed by atoms with van der Waals surface area (Å²) in [5.41, 5.74) is 0.157. The molecule has 0 bridgehead atoms. The maximum atomic E-state index is 12.1. The summed E-state index contributed by atoms with van der Waals surface area (Å²) in [6.45, 7) is 14.7. The topological polar surface area (TPSA) is 44.8 Å². The van der Waals surface area contributed by atoms with E-state index >= 15 is 0 Å². The Kier molecular flexibility index (Phi) is 7.20. The Morgan fingerprint density at radius 2 is 1.56 bits per heavy atom. The molecule has 3 heterocycles. The number of rotatable bonds is 5. The number of ether oxygens (including phenoxy) is 1. The quantitative estimate of drug-likeness (QED) is 0.744. The molecule has 0 aromatic carbocycles. The summed E-state index contributed by atoms with van der Waals surface area (Å²) < 4.78 is 5.48. The second kappa shape index (κ2) is 9.23. The van der Waals surface area contributed by atoms with E-state index in [2.05, 4.69) is 15.1 Å². The van der Waals surface area contributed by atoms with Crippen molar-refractivity contribution >= 4 is 5.97 Å². The number of hydrogen-bond acceptors (Lipinski definition) is 5. The second-order valence-electron chi connectivity index (χ2n) is 10.2. The largest absolute Gasteiger partial charge is 0.459 e. The molecule has 3 aliphatic rings. The first kappa shape index (κ1) is 21.1. The van der Waals surface area contributed by atoms with E-state index in [4.69, 9.17) is 4.74 Å². The Morgan fingerprint density at radius 3 is 2.11 bits per heavy atom. The fourth-order valence-electron chi connectivity index (χ4n) is 5.03. The first-order valence-electron chi connectivity index (χ1n) is 11.2. The van der Waals surface area contributed by atoms with Crippen molar-refractivity contribution in [3.63, 3.8) is 0 Å². The van der Waals surface area contributed by atoms with Crippen LogP contribution in [0.1, 0.15) is 65.7 Å². The van der Waals surface area contributed by atoms with Gasteiger partial charge in [0.05, 0.1) is 6.54 Å². The van der Waals surface area contributed by atoms with Gasteiger partial charge in [-0.25, -0.2) is 0 Å². The van der Waals surface area contributed by atoms with E-state index in [0.717, 1.165) is 19.0 Å². The molecule has 5 nitrogen and oxygen atoms in total. The normalized spacial score (nSPS) is 25.6. The standard InChI is InChI=1S/C22H41N3O2/c1-21(2,3)27-20(26)18-25-16-9-22(10-17-25)7-14-24(15-8-22)13-6-19-4-11-23-12-5-19/h19,23H,4-18H2,1-3H3. The van der Waals surface area contributed by atoms with E-state index in [9.17, 15) is 4.79 Å². The van der Waals surface area contributed by atoms with E-state index in [-0.39, 0.29) is 11.6 Å². The third-order valence-corrected chi connectivity index (χ3v) is 6.92. The smallest absolute Gasteiger partial charge is 0.320 e. The van der Waals surface area contributed by atoms with Crippen molar-refractivity contribution in [2.45, 2.75) is 71.3 Å². The summed E-state index contributed by atoms with van der Waals surface area (Å²) in [5, 5.41) is 3.47. The Labute approximate surface area is 166 Å². The molecule has 156 valence electrons. The van der Waals surface area contributed by atoms with Crippen LogP contribution >= 0.6 is 0 Å². The highest BCUT2D eigenvalue weighted by atomic mass is 16.6. The SMILES string of the molecule is CC(C)(C)OC(=O)CN1CCC2(CCN(CCC3CCNCC3)CC2)CC1. The Hall–Kier alpha value is -0.650. The number of piperidine rings is 3. The lowest BCUT2D eigenvalue weighted by Gasteiger charge is -2.47. The van der Waals surface area contributed by atoms with Crippen LogP contribution in [0.2, 0.25) is 0 Å². The highest BCUT2D eigenvalue weighted by Crippen LogP contribution is 2.41. The number of carbonyl (C=O) groups is 1. The van der Waals surface area contributed by atoms with Gasteiger partial charge >= 0.3 is 5.97 Å². The van der Waals surface area contributed by atoms with Crippen molar-refractivity contribution in [3.8, 4) is 0 Å². The molecule has 0 unspecified atom stereocenters. The molecular formula is C22H41N3O2. The van der Waals surface area contributed by atoms with Gasteiger partial charge in [-0.1, -0.05) is 0 Å². The number of nitrogens with one attached hydrogen (secondary N) is 1. The maximum absolute atomic E-state index is 12.1. The van der Waals surface area contributed by atoms with Gasteiger partial charge < -0.3 is 15.0 Å². The molecule has 3 rings (SSSR count). The van der Waals surface area contributed by atoms with Gasteiger partial charge in [-0.15, -0.1) is 0 Å². The van der Waals surface area contributed by atoms with Gasteiger partial charge in [0.1, 0.15) is 5.60 Å². The first-order chi connectivity index (χ1) is 12.8. The molecule has 27 heavy (non-hydrogen) atoms. The summed E-state index contributed by atoms with van der Waals surface area (Å²) in [6.07, 6.45) is 9.31. The van der Waals surface area contributed by atoms with Crippen LogP contribution in [0.15, 0.2) is 0 Å². The Balaban J connectivity index is 1.34. The lowest BCUT2D eigenvalue weighted by atomic mass is 9.71. The molecule has 3 saturated heterocycles. The molecule has 3 aliphatic heterocycles. The van der Waals surface area contributed by atoms with Gasteiger partial charge in [0, 0.05) is 0 Å². The molecule has 3 fully saturated rings. The van der Waals surface area contributed by atoms with Crippen molar-refractivity contribution < 1.29 is 9.53 Å². The lowest BCUT2D eigenvalue weighted by molar-refractivity contribution is -0.156. The summed E-state index contributed by atoms with van der Waals surface area (Å²) in [5.74, 6) is 0.865. The molecule has 0 aromatic rings. The molecule has 1 spiro atoms. The van der Waals surface area contributed by atoms with Crippen LogP contribution in [0.25, 0.3) is 0 Å². The predicted octanol–water partition coefficient (Wildman–Crippen LogP) is 2.90. The van der Waals surface area contributed by atoms with Crippen molar-refractivity contribution in [3.05, 3.63) is 0 Å². The lowest BCUT2D eigenvalue weighted by Crippen LogP contribution is -2.48. The van der Waals surface area contributed by atoms with E-state index in [1.807, 2.05) is 20.8 Å². The van der Waals surface area contributed by atoms with Crippen LogP contribution in [-0.4, -0.2) is 73.7 Å². The molecule has 0 aromatic heterocycles. The zero-order valence-electron chi connectivity index (χ0n) is 17.9. The number of likely N-dealkylation sites (tertiary alicyclic amines) is 2. The minimum Gasteiger partial charge on any atom is -0.459 e. The molecule has 0 aliphatic carbocycles. The Morgan fingerprint density at radius 1 is 1.00 bits per heavy atom. The highest BCUT2D eigenvalue weighted by molar-refractivity contribution is 5.72. The third kappa shape index (κ3) is 6.72. The van der Waals surface area contributed by atoms with Gasteiger partial charge in [-0.2, -0.15) is 0 Å². The molecular weight excluding hydrogens is 338 g/mol. The third-order valence-electron chi connectivity index (χ3n) is 6.92. The summed E-state index contributed by atoms with van der Waals surface area (Å²) in [4.78, 5) is 17.1. The highest BCUT2D eigenvalue weighted by Gasteiger charge is 2.38. The fraction of sp³-hybridized carbons (Fsp3) is 0.955. The fourth-order valence-corrected chi connectivity index (χ4v) is 5.03. The van der Waals surface area contributed by atoms with Crippen LogP contribution in [0, 0.1) is 11.3 Å². The van der Waals surface area contributed by atoms with Gasteiger partial charge in [0.2, 0.25) is 0 Å². The molecule has 0 saturated carbocycles. The van der Waals surface area contributed by atoms with Crippen LogP contribution in [0.3, 0.4) is 0 Å². The summed E-state index contributed by atoms with van der Waals surface area (Å²) in [7, 11) is 0. The maximum Gasteiger partial charge on any atom is 0.320 e. The molecule has 0 atom stereocenters.